The zero-order chi connectivity index (χ0) is 49.6. The molecule has 68 heavy (non-hydrogen) atoms. The van der Waals surface area contributed by atoms with E-state index in [1.165, 1.54) is 52.0 Å². The van der Waals surface area contributed by atoms with Crippen molar-refractivity contribution >= 4 is 48.0 Å². The molecule has 5 aliphatic carbocycles. The Bertz CT molecular complexity index is 2440. The van der Waals surface area contributed by atoms with Gasteiger partial charge >= 0.3 is 35.8 Å². The van der Waals surface area contributed by atoms with Crippen LogP contribution in [0.1, 0.15) is 145 Å². The molecule has 7 rings (SSSR count). The van der Waals surface area contributed by atoms with Crippen molar-refractivity contribution in [2.45, 2.75) is 140 Å². The van der Waals surface area contributed by atoms with E-state index >= 15 is 0 Å². The lowest BCUT2D eigenvalue weighted by Crippen LogP contribution is -2.65. The Kier molecular flexibility index (Phi) is 14.2. The third kappa shape index (κ3) is 9.58. The number of esters is 6. The highest BCUT2D eigenvalue weighted by atomic mass is 16.6. The number of hydrogen-bond acceptors (Lipinski definition) is 12. The summed E-state index contributed by atoms with van der Waals surface area (Å²) in [5.41, 5.74) is 2.33. The number of hydrogen-bond donors (Lipinski definition) is 0. The summed E-state index contributed by atoms with van der Waals surface area (Å²) in [5.74, 6) is -0.668. The summed E-state index contributed by atoms with van der Waals surface area (Å²) in [6.07, 6.45) is 17.3. The molecule has 12 heteroatoms. The minimum atomic E-state index is -0.562. The number of fused-ring (bicyclic) bond motifs is 7. The van der Waals surface area contributed by atoms with E-state index in [0.717, 1.165) is 57.8 Å². The topological polar surface area (TPSA) is 158 Å². The highest BCUT2D eigenvalue weighted by Crippen LogP contribution is 2.76. The molecule has 2 aromatic carbocycles. The van der Waals surface area contributed by atoms with Crippen LogP contribution in [-0.4, -0.2) is 48.5 Å². The molecule has 5 aliphatic rings. The van der Waals surface area contributed by atoms with Gasteiger partial charge in [0.25, 0.3) is 0 Å². The fourth-order valence-electron chi connectivity index (χ4n) is 14.0. The van der Waals surface area contributed by atoms with Gasteiger partial charge < -0.3 is 28.4 Å². The van der Waals surface area contributed by atoms with Crippen LogP contribution in [0.5, 0.6) is 23.0 Å². The van der Waals surface area contributed by atoms with Gasteiger partial charge in [0.15, 0.2) is 23.0 Å². The van der Waals surface area contributed by atoms with Gasteiger partial charge in [0.2, 0.25) is 0 Å². The van der Waals surface area contributed by atoms with Gasteiger partial charge in [-0.15, -0.1) is 0 Å². The van der Waals surface area contributed by atoms with Crippen molar-refractivity contribution in [2.24, 2.45) is 56.7 Å². The maximum absolute atomic E-state index is 13.5. The van der Waals surface area contributed by atoms with E-state index in [1.54, 1.807) is 42.0 Å². The van der Waals surface area contributed by atoms with E-state index < -0.39 is 35.8 Å². The highest BCUT2D eigenvalue weighted by Gasteiger charge is 2.69. The maximum Gasteiger partial charge on any atom is 0.331 e. The fraction of sp³-hybridized carbons (Fsp3) is 0.571. The second-order valence-corrected chi connectivity index (χ2v) is 21.9. The van der Waals surface area contributed by atoms with Crippen molar-refractivity contribution in [1.29, 1.82) is 0 Å². The van der Waals surface area contributed by atoms with Gasteiger partial charge in [0.1, 0.15) is 6.10 Å². The zero-order valence-electron chi connectivity index (χ0n) is 41.8. The SMILES string of the molecule is CC(=O)Oc1ccc(/C=C/C(=O)OC[C@]23CC[C@@H](C)[C@H](C)[C@H]2C2=CC[C@@H]4[C@@]5(C)CC[C@H](OC(=O)/C=C/c6ccc(OC(C)=O)c(OC(C)=O)c6)C(C)(C)[C@@H]5CC[C@@]4(C)[C@]2(C)CC3)cc1OC(C)=O. The Balaban J connectivity index is 1.06. The molecule has 4 fully saturated rings. The van der Waals surface area contributed by atoms with Crippen LogP contribution in [0.4, 0.5) is 0 Å². The lowest BCUT2D eigenvalue weighted by molar-refractivity contribution is -0.213. The van der Waals surface area contributed by atoms with E-state index in [0.29, 0.717) is 41.4 Å². The molecule has 0 saturated heterocycles. The summed E-state index contributed by atoms with van der Waals surface area (Å²) in [4.78, 5) is 73.6. The first-order chi connectivity index (χ1) is 31.9. The van der Waals surface area contributed by atoms with Crippen LogP contribution in [-0.2, 0) is 38.2 Å². The van der Waals surface area contributed by atoms with Crippen LogP contribution in [0.15, 0.2) is 60.2 Å². The van der Waals surface area contributed by atoms with Gasteiger partial charge in [-0.25, -0.2) is 9.59 Å². The molecule has 0 N–H and O–H groups in total. The predicted molar refractivity (Wildman–Crippen MR) is 256 cm³/mol. The minimum absolute atomic E-state index is 0.0265. The largest absolute Gasteiger partial charge is 0.462 e. The van der Waals surface area contributed by atoms with Crippen molar-refractivity contribution in [1.82, 2.24) is 0 Å². The van der Waals surface area contributed by atoms with Crippen LogP contribution >= 0.6 is 0 Å². The minimum Gasteiger partial charge on any atom is -0.462 e. The molecule has 0 bridgehead atoms. The third-order valence-corrected chi connectivity index (χ3v) is 17.6. The lowest BCUT2D eigenvalue weighted by Gasteiger charge is -2.71. The number of rotatable bonds is 11. The molecule has 4 saturated carbocycles. The van der Waals surface area contributed by atoms with Gasteiger partial charge in [0.05, 0.1) is 6.61 Å². The predicted octanol–water partition coefficient (Wildman–Crippen LogP) is 11.2. The number of allylic oxidation sites excluding steroid dienone is 2. The van der Waals surface area contributed by atoms with Crippen molar-refractivity contribution < 1.29 is 57.2 Å². The summed E-state index contributed by atoms with van der Waals surface area (Å²) in [7, 11) is 0. The average molecular weight is 935 g/mol. The first-order valence-electron chi connectivity index (χ1n) is 24.4. The van der Waals surface area contributed by atoms with E-state index in [9.17, 15) is 28.8 Å². The monoisotopic (exact) mass is 934 g/mol. The molecule has 0 aliphatic heterocycles. The van der Waals surface area contributed by atoms with Crippen LogP contribution in [0.2, 0.25) is 0 Å². The Morgan fingerprint density at radius 1 is 0.618 bits per heavy atom. The molecule has 0 heterocycles. The highest BCUT2D eigenvalue weighted by molar-refractivity contribution is 5.88. The Hall–Kier alpha value is -5.52. The van der Waals surface area contributed by atoms with Gasteiger partial charge in [-0.2, -0.15) is 0 Å². The van der Waals surface area contributed by atoms with Crippen LogP contribution in [0, 0.1) is 56.7 Å². The van der Waals surface area contributed by atoms with Crippen LogP contribution in [0.3, 0.4) is 0 Å². The van der Waals surface area contributed by atoms with Crippen molar-refractivity contribution in [3.8, 4) is 23.0 Å². The van der Waals surface area contributed by atoms with Gasteiger partial charge in [0, 0.05) is 50.7 Å². The fourth-order valence-corrected chi connectivity index (χ4v) is 14.0. The lowest BCUT2D eigenvalue weighted by atomic mass is 9.33. The second-order valence-electron chi connectivity index (χ2n) is 21.9. The zero-order valence-corrected chi connectivity index (χ0v) is 41.8. The summed E-state index contributed by atoms with van der Waals surface area (Å²) < 4.78 is 33.4. The Morgan fingerprint density at radius 3 is 1.72 bits per heavy atom. The smallest absolute Gasteiger partial charge is 0.331 e. The molecule has 0 spiro atoms. The number of carbonyl (C=O) groups excluding carboxylic acids is 6. The quantitative estimate of drug-likeness (QED) is 0.0910. The molecular weight excluding hydrogens is 865 g/mol. The van der Waals surface area contributed by atoms with Crippen molar-refractivity contribution in [3.05, 3.63) is 71.3 Å². The van der Waals surface area contributed by atoms with Crippen molar-refractivity contribution in [2.75, 3.05) is 6.61 Å². The van der Waals surface area contributed by atoms with Crippen LogP contribution < -0.4 is 18.9 Å². The Labute approximate surface area is 401 Å². The molecule has 366 valence electrons. The normalized spacial score (nSPS) is 32.5. The number of ether oxygens (including phenoxy) is 6. The van der Waals surface area contributed by atoms with Gasteiger partial charge in [-0.3, -0.25) is 19.2 Å². The average Bonchev–Trinajstić information content (AvgIpc) is 3.25. The van der Waals surface area contributed by atoms with E-state index in [1.807, 2.05) is 0 Å². The standard InChI is InChI=1S/C56H70O12/c1-33-22-27-56(32-63-49(61)20-14-39-12-17-42(64-35(3)57)44(30-39)66-37(5)59)29-28-54(10)41(51(56)34(33)2)16-19-47-53(9)25-24-48(52(7,8)46(53)23-26-55(47,54)11)68-50(62)21-15-40-13-18-43(65-36(4)58)45(31-40)67-38(6)60/h12-18,20-21,30-31,33-34,46-48,51H,19,22-29,32H2,1-11H3/b20-14+,21-15+/t33-,34+,46+,47-,48+,51+,53+,54-,55-,56-/m1/s1. The second kappa shape index (κ2) is 19.1. The summed E-state index contributed by atoms with van der Waals surface area (Å²) in [6, 6.07) is 9.51. The van der Waals surface area contributed by atoms with Gasteiger partial charge in [-0.05, 0) is 151 Å². The van der Waals surface area contributed by atoms with Crippen LogP contribution in [0.25, 0.3) is 12.2 Å². The third-order valence-electron chi connectivity index (χ3n) is 17.6. The molecule has 0 amide bonds. The maximum atomic E-state index is 13.5. The van der Waals surface area contributed by atoms with E-state index in [4.69, 9.17) is 28.4 Å². The molecule has 10 atom stereocenters. The number of carbonyl (C=O) groups is 6. The molecule has 12 nitrogen and oxygen atoms in total. The first kappa shape index (κ1) is 50.4. The molecule has 0 radical (unpaired) electrons. The first-order valence-corrected chi connectivity index (χ1v) is 24.4. The summed E-state index contributed by atoms with van der Waals surface area (Å²) >= 11 is 0. The summed E-state index contributed by atoms with van der Waals surface area (Å²) in [6.45, 7) is 22.4. The van der Waals surface area contributed by atoms with Gasteiger partial charge in [-0.1, -0.05) is 72.2 Å². The Morgan fingerprint density at radius 2 is 1.16 bits per heavy atom. The molecule has 0 unspecified atom stereocenters. The van der Waals surface area contributed by atoms with E-state index in [-0.39, 0.29) is 62.1 Å². The summed E-state index contributed by atoms with van der Waals surface area (Å²) in [5, 5.41) is 0. The molecular formula is C56H70O12. The van der Waals surface area contributed by atoms with Crippen molar-refractivity contribution in [3.63, 3.8) is 0 Å². The molecule has 0 aromatic heterocycles. The van der Waals surface area contributed by atoms with E-state index in [2.05, 4.69) is 54.5 Å². The number of benzene rings is 2. The molecule has 2 aromatic rings.